The summed E-state index contributed by atoms with van der Waals surface area (Å²) in [5, 5.41) is 21.1. The van der Waals surface area contributed by atoms with Crippen molar-refractivity contribution < 1.29 is 19.8 Å². The third kappa shape index (κ3) is 2.53. The van der Waals surface area contributed by atoms with Gasteiger partial charge in [0.05, 0.1) is 10.6 Å². The number of fused-ring (bicyclic) bond motifs is 3. The highest BCUT2D eigenvalue weighted by Crippen LogP contribution is 2.45. The van der Waals surface area contributed by atoms with E-state index in [2.05, 4.69) is 0 Å². The number of carboxylic acids is 1. The number of hydrogen-bond acceptors (Lipinski definition) is 4. The molecule has 0 bridgehead atoms. The lowest BCUT2D eigenvalue weighted by Gasteiger charge is -2.17. The number of benzene rings is 2. The molecule has 1 amide bonds. The van der Waals surface area contributed by atoms with E-state index in [0.29, 0.717) is 23.0 Å². The lowest BCUT2D eigenvalue weighted by Crippen LogP contribution is -2.29. The molecule has 0 unspecified atom stereocenters. The van der Waals surface area contributed by atoms with Gasteiger partial charge < -0.3 is 15.1 Å². The van der Waals surface area contributed by atoms with E-state index in [0.717, 1.165) is 27.7 Å². The van der Waals surface area contributed by atoms with Gasteiger partial charge in [0.2, 0.25) is 0 Å². The highest BCUT2D eigenvalue weighted by Gasteiger charge is 2.35. The van der Waals surface area contributed by atoms with Gasteiger partial charge in [-0.05, 0) is 23.1 Å². The fourth-order valence-electron chi connectivity index (χ4n) is 3.45. The Morgan fingerprint density at radius 3 is 2.50 bits per heavy atom. The number of rotatable bonds is 3. The minimum absolute atomic E-state index is 0.0555. The molecule has 2 aromatic carbocycles. The number of thiophene rings is 1. The van der Waals surface area contributed by atoms with Crippen molar-refractivity contribution in [3.63, 3.8) is 0 Å². The Bertz CT molecular complexity index is 1050. The van der Waals surface area contributed by atoms with Gasteiger partial charge in [0, 0.05) is 29.8 Å². The number of carboxylic acid groups (broad SMARTS) is 1. The first-order valence-corrected chi connectivity index (χ1v) is 9.32. The standard InChI is InChI=1S/C19H14ClNO4S/c20-8-10-9-21(18(23)15-5-6-16(26-15)19(24)25)13-7-14(22)11-3-1-2-4-12(11)17(10)13/h1-7,10,22H,8-9H2,(H,24,25)/t10-/m1/s1. The molecule has 1 aliphatic heterocycles. The molecule has 1 aromatic heterocycles. The molecule has 0 aliphatic carbocycles. The molecule has 7 heteroatoms. The Morgan fingerprint density at radius 2 is 1.85 bits per heavy atom. The Hall–Kier alpha value is -2.57. The normalized spacial score (nSPS) is 16.0. The number of phenolic OH excluding ortho intramolecular Hbond substituents is 1. The van der Waals surface area contributed by atoms with E-state index in [1.54, 1.807) is 11.0 Å². The summed E-state index contributed by atoms with van der Waals surface area (Å²) in [6, 6.07) is 12.0. The molecule has 2 heterocycles. The molecular formula is C19H14ClNO4S. The van der Waals surface area contributed by atoms with Gasteiger partial charge >= 0.3 is 5.97 Å². The summed E-state index contributed by atoms with van der Waals surface area (Å²) in [5.41, 5.74) is 1.57. The zero-order chi connectivity index (χ0) is 18.4. The maximum atomic E-state index is 13.0. The number of aromatic hydroxyl groups is 1. The summed E-state index contributed by atoms with van der Waals surface area (Å²) < 4.78 is 0. The van der Waals surface area contributed by atoms with Gasteiger partial charge in [0.1, 0.15) is 10.6 Å². The van der Waals surface area contributed by atoms with Gasteiger partial charge in [-0.2, -0.15) is 0 Å². The van der Waals surface area contributed by atoms with E-state index >= 15 is 0 Å². The minimum atomic E-state index is -1.06. The predicted molar refractivity (Wildman–Crippen MR) is 102 cm³/mol. The number of phenols is 1. The summed E-state index contributed by atoms with van der Waals surface area (Å²) in [7, 11) is 0. The number of halogens is 1. The Labute approximate surface area is 158 Å². The summed E-state index contributed by atoms with van der Waals surface area (Å²) >= 11 is 7.10. The second kappa shape index (κ2) is 6.30. The molecule has 132 valence electrons. The molecule has 3 aromatic rings. The van der Waals surface area contributed by atoms with Crippen molar-refractivity contribution in [3.8, 4) is 5.75 Å². The average molecular weight is 388 g/mol. The van der Waals surface area contributed by atoms with Gasteiger partial charge in [-0.15, -0.1) is 22.9 Å². The second-order valence-corrected chi connectivity index (χ2v) is 7.50. The SMILES string of the molecule is O=C(O)c1ccc(C(=O)N2C[C@@H](CCl)c3c2cc(O)c2ccccc32)s1. The van der Waals surface area contributed by atoms with Crippen molar-refractivity contribution in [2.24, 2.45) is 0 Å². The van der Waals surface area contributed by atoms with Crippen LogP contribution >= 0.6 is 22.9 Å². The van der Waals surface area contributed by atoms with Crippen LogP contribution in [-0.4, -0.2) is 34.5 Å². The third-order valence-electron chi connectivity index (χ3n) is 4.60. The second-order valence-electron chi connectivity index (χ2n) is 6.11. The smallest absolute Gasteiger partial charge is 0.345 e. The van der Waals surface area contributed by atoms with Crippen molar-refractivity contribution in [1.29, 1.82) is 0 Å². The van der Waals surface area contributed by atoms with E-state index in [9.17, 15) is 14.7 Å². The number of amides is 1. The van der Waals surface area contributed by atoms with Crippen molar-refractivity contribution >= 4 is 51.3 Å². The van der Waals surface area contributed by atoms with Crippen molar-refractivity contribution in [1.82, 2.24) is 0 Å². The molecule has 1 aliphatic rings. The molecule has 4 rings (SSSR count). The van der Waals surface area contributed by atoms with Crippen LogP contribution in [0.1, 0.15) is 30.8 Å². The van der Waals surface area contributed by atoms with E-state index in [-0.39, 0.29) is 22.5 Å². The number of carbonyl (C=O) groups is 2. The topological polar surface area (TPSA) is 77.8 Å². The number of nitrogens with zero attached hydrogens (tertiary/aromatic N) is 1. The van der Waals surface area contributed by atoms with Crippen LogP contribution in [0.15, 0.2) is 42.5 Å². The van der Waals surface area contributed by atoms with Crippen molar-refractivity contribution in [2.75, 3.05) is 17.3 Å². The summed E-state index contributed by atoms with van der Waals surface area (Å²) in [4.78, 5) is 26.1. The van der Waals surface area contributed by atoms with Gasteiger partial charge in [0.25, 0.3) is 5.91 Å². The quantitative estimate of drug-likeness (QED) is 0.657. The predicted octanol–water partition coefficient (Wildman–Crippen LogP) is 4.29. The first kappa shape index (κ1) is 16.9. The molecule has 0 spiro atoms. The highest BCUT2D eigenvalue weighted by molar-refractivity contribution is 7.16. The first-order chi connectivity index (χ1) is 12.5. The molecule has 0 saturated heterocycles. The summed E-state index contributed by atoms with van der Waals surface area (Å²) in [6.07, 6.45) is 0. The van der Waals surface area contributed by atoms with Crippen LogP contribution in [-0.2, 0) is 0 Å². The van der Waals surface area contributed by atoms with E-state index in [1.165, 1.54) is 12.1 Å². The van der Waals surface area contributed by atoms with Crippen LogP contribution in [0.25, 0.3) is 10.8 Å². The molecule has 0 radical (unpaired) electrons. The first-order valence-electron chi connectivity index (χ1n) is 7.96. The molecule has 26 heavy (non-hydrogen) atoms. The minimum Gasteiger partial charge on any atom is -0.507 e. The Morgan fingerprint density at radius 1 is 1.15 bits per heavy atom. The lowest BCUT2D eigenvalue weighted by molar-refractivity contribution is 0.0702. The fraction of sp³-hybridized carbons (Fsp3) is 0.158. The van der Waals surface area contributed by atoms with Crippen LogP contribution in [0, 0.1) is 0 Å². The lowest BCUT2D eigenvalue weighted by atomic mass is 9.95. The van der Waals surface area contributed by atoms with Gasteiger partial charge in [-0.3, -0.25) is 4.79 Å². The molecular weight excluding hydrogens is 374 g/mol. The fourth-order valence-corrected chi connectivity index (χ4v) is 4.49. The largest absolute Gasteiger partial charge is 0.507 e. The summed E-state index contributed by atoms with van der Waals surface area (Å²) in [6.45, 7) is 0.394. The molecule has 2 N–H and O–H groups in total. The number of anilines is 1. The van der Waals surface area contributed by atoms with Crippen LogP contribution in [0.2, 0.25) is 0 Å². The Kier molecular flexibility index (Phi) is 4.09. The average Bonchev–Trinajstić information content (AvgIpc) is 3.26. The molecule has 5 nitrogen and oxygen atoms in total. The maximum Gasteiger partial charge on any atom is 0.345 e. The van der Waals surface area contributed by atoms with Crippen LogP contribution in [0.5, 0.6) is 5.75 Å². The molecule has 0 saturated carbocycles. The van der Waals surface area contributed by atoms with Gasteiger partial charge in [-0.25, -0.2) is 4.79 Å². The van der Waals surface area contributed by atoms with Crippen molar-refractivity contribution in [2.45, 2.75) is 5.92 Å². The number of carbonyl (C=O) groups excluding carboxylic acids is 1. The monoisotopic (exact) mass is 387 g/mol. The zero-order valence-electron chi connectivity index (χ0n) is 13.5. The Balaban J connectivity index is 1.84. The van der Waals surface area contributed by atoms with Gasteiger partial charge in [-0.1, -0.05) is 24.3 Å². The molecule has 0 fully saturated rings. The molecule has 1 atom stereocenters. The van der Waals surface area contributed by atoms with Crippen molar-refractivity contribution in [3.05, 3.63) is 57.8 Å². The van der Waals surface area contributed by atoms with Gasteiger partial charge in [0.15, 0.2) is 0 Å². The third-order valence-corrected chi connectivity index (χ3v) is 6.04. The van der Waals surface area contributed by atoms with Crippen LogP contribution in [0.4, 0.5) is 5.69 Å². The maximum absolute atomic E-state index is 13.0. The van der Waals surface area contributed by atoms with Crippen LogP contribution < -0.4 is 4.90 Å². The zero-order valence-corrected chi connectivity index (χ0v) is 15.0. The van der Waals surface area contributed by atoms with Crippen LogP contribution in [0.3, 0.4) is 0 Å². The number of alkyl halides is 1. The van der Waals surface area contributed by atoms with E-state index in [1.807, 2.05) is 24.3 Å². The number of hydrogen-bond donors (Lipinski definition) is 2. The highest BCUT2D eigenvalue weighted by atomic mass is 35.5. The number of aromatic carboxylic acids is 1. The van der Waals surface area contributed by atoms with E-state index in [4.69, 9.17) is 16.7 Å². The van der Waals surface area contributed by atoms with E-state index < -0.39 is 5.97 Å². The summed E-state index contributed by atoms with van der Waals surface area (Å²) in [5.74, 6) is -0.954.